The standard InChI is InChI=1S/C15H13ClINO2/c1-20-12-5-2-10(3-6-12)9-18-15(19)11-4-7-14(17)13(16)8-11/h2-8H,9H2,1H3,(H,18,19). The van der Waals surface area contributed by atoms with Crippen molar-refractivity contribution in [1.29, 1.82) is 0 Å². The highest BCUT2D eigenvalue weighted by atomic mass is 127. The summed E-state index contributed by atoms with van der Waals surface area (Å²) >= 11 is 8.13. The van der Waals surface area contributed by atoms with E-state index in [1.54, 1.807) is 19.2 Å². The number of ether oxygens (including phenoxy) is 1. The van der Waals surface area contributed by atoms with Gasteiger partial charge in [0.1, 0.15) is 5.75 Å². The molecule has 1 amide bonds. The third-order valence-electron chi connectivity index (χ3n) is 2.79. The van der Waals surface area contributed by atoms with Crippen LogP contribution in [0.15, 0.2) is 42.5 Å². The molecule has 0 unspecified atom stereocenters. The van der Waals surface area contributed by atoms with Crippen molar-refractivity contribution in [3.05, 3.63) is 62.2 Å². The lowest BCUT2D eigenvalue weighted by Gasteiger charge is -2.07. The lowest BCUT2D eigenvalue weighted by Crippen LogP contribution is -2.22. The third kappa shape index (κ3) is 3.86. The van der Waals surface area contributed by atoms with Crippen LogP contribution in [0.1, 0.15) is 15.9 Å². The summed E-state index contributed by atoms with van der Waals surface area (Å²) in [5.41, 5.74) is 1.57. The number of benzene rings is 2. The molecule has 2 rings (SSSR count). The molecule has 0 spiro atoms. The zero-order valence-corrected chi connectivity index (χ0v) is 13.7. The molecule has 0 saturated heterocycles. The van der Waals surface area contributed by atoms with E-state index < -0.39 is 0 Å². The molecule has 104 valence electrons. The van der Waals surface area contributed by atoms with Crippen LogP contribution in [0, 0.1) is 3.57 Å². The Kier molecular flexibility index (Phi) is 5.25. The van der Waals surface area contributed by atoms with Crippen LogP contribution in [0.2, 0.25) is 5.02 Å². The van der Waals surface area contributed by atoms with E-state index in [-0.39, 0.29) is 5.91 Å². The summed E-state index contributed by atoms with van der Waals surface area (Å²) in [6.45, 7) is 0.465. The van der Waals surface area contributed by atoms with Gasteiger partial charge >= 0.3 is 0 Å². The molecule has 0 heterocycles. The minimum absolute atomic E-state index is 0.140. The van der Waals surface area contributed by atoms with Crippen molar-refractivity contribution in [3.8, 4) is 5.75 Å². The second kappa shape index (κ2) is 6.95. The van der Waals surface area contributed by atoms with E-state index in [0.29, 0.717) is 17.1 Å². The number of carbonyl (C=O) groups excluding carboxylic acids is 1. The SMILES string of the molecule is COc1ccc(CNC(=O)c2ccc(I)c(Cl)c2)cc1. The molecular formula is C15H13ClINO2. The Balaban J connectivity index is 1.98. The smallest absolute Gasteiger partial charge is 0.251 e. The summed E-state index contributed by atoms with van der Waals surface area (Å²) in [5.74, 6) is 0.656. The monoisotopic (exact) mass is 401 g/mol. The van der Waals surface area contributed by atoms with Crippen LogP contribution in [-0.2, 0) is 6.54 Å². The van der Waals surface area contributed by atoms with E-state index in [1.807, 2.05) is 30.3 Å². The van der Waals surface area contributed by atoms with E-state index in [2.05, 4.69) is 27.9 Å². The highest BCUT2D eigenvalue weighted by molar-refractivity contribution is 14.1. The lowest BCUT2D eigenvalue weighted by molar-refractivity contribution is 0.0951. The Morgan fingerprint density at radius 3 is 2.55 bits per heavy atom. The number of methoxy groups -OCH3 is 1. The maximum absolute atomic E-state index is 12.0. The van der Waals surface area contributed by atoms with Crippen molar-refractivity contribution >= 4 is 40.1 Å². The summed E-state index contributed by atoms with van der Waals surface area (Å²) in [4.78, 5) is 12.0. The fraction of sp³-hybridized carbons (Fsp3) is 0.133. The van der Waals surface area contributed by atoms with Crippen LogP contribution in [0.5, 0.6) is 5.75 Å². The van der Waals surface area contributed by atoms with Gasteiger partial charge in [0.2, 0.25) is 0 Å². The quantitative estimate of drug-likeness (QED) is 0.790. The van der Waals surface area contributed by atoms with Gasteiger partial charge in [-0.1, -0.05) is 23.7 Å². The predicted molar refractivity (Wildman–Crippen MR) is 88.3 cm³/mol. The number of hydrogen-bond acceptors (Lipinski definition) is 2. The Hall–Kier alpha value is -1.27. The fourth-order valence-electron chi connectivity index (χ4n) is 1.67. The van der Waals surface area contributed by atoms with Crippen molar-refractivity contribution in [3.63, 3.8) is 0 Å². The molecule has 0 radical (unpaired) electrons. The van der Waals surface area contributed by atoms with Crippen molar-refractivity contribution in [2.24, 2.45) is 0 Å². The third-order valence-corrected chi connectivity index (χ3v) is 4.37. The average Bonchev–Trinajstić information content (AvgIpc) is 2.48. The van der Waals surface area contributed by atoms with Crippen LogP contribution >= 0.6 is 34.2 Å². The maximum atomic E-state index is 12.0. The summed E-state index contributed by atoms with van der Waals surface area (Å²) < 4.78 is 6.01. The predicted octanol–water partition coefficient (Wildman–Crippen LogP) is 3.88. The Labute approximate surface area is 136 Å². The van der Waals surface area contributed by atoms with Crippen molar-refractivity contribution in [1.82, 2.24) is 5.32 Å². The molecule has 0 bridgehead atoms. The minimum atomic E-state index is -0.140. The molecule has 0 aliphatic heterocycles. The molecule has 5 heteroatoms. The summed E-state index contributed by atoms with van der Waals surface area (Å²) in [6, 6.07) is 12.8. The van der Waals surface area contributed by atoms with Crippen LogP contribution < -0.4 is 10.1 Å². The average molecular weight is 402 g/mol. The topological polar surface area (TPSA) is 38.3 Å². The van der Waals surface area contributed by atoms with Gasteiger partial charge in [-0.05, 0) is 58.5 Å². The molecule has 1 N–H and O–H groups in total. The first-order valence-electron chi connectivity index (χ1n) is 5.96. The van der Waals surface area contributed by atoms with Gasteiger partial charge in [0.25, 0.3) is 5.91 Å². The van der Waals surface area contributed by atoms with Gasteiger partial charge < -0.3 is 10.1 Å². The van der Waals surface area contributed by atoms with Gasteiger partial charge in [-0.25, -0.2) is 0 Å². The largest absolute Gasteiger partial charge is 0.497 e. The number of hydrogen-bond donors (Lipinski definition) is 1. The van der Waals surface area contributed by atoms with Gasteiger partial charge in [-0.2, -0.15) is 0 Å². The van der Waals surface area contributed by atoms with E-state index >= 15 is 0 Å². The molecule has 0 aliphatic carbocycles. The summed E-state index contributed by atoms with van der Waals surface area (Å²) in [6.07, 6.45) is 0. The van der Waals surface area contributed by atoms with E-state index in [1.165, 1.54) is 0 Å². The van der Waals surface area contributed by atoms with E-state index in [4.69, 9.17) is 16.3 Å². The number of nitrogens with one attached hydrogen (secondary N) is 1. The highest BCUT2D eigenvalue weighted by Crippen LogP contribution is 2.19. The Morgan fingerprint density at radius 2 is 1.95 bits per heavy atom. The van der Waals surface area contributed by atoms with Gasteiger partial charge in [-0.15, -0.1) is 0 Å². The van der Waals surface area contributed by atoms with Crippen molar-refractivity contribution < 1.29 is 9.53 Å². The molecule has 0 aromatic heterocycles. The van der Waals surface area contributed by atoms with Gasteiger partial charge in [0.05, 0.1) is 12.1 Å². The zero-order chi connectivity index (χ0) is 14.5. The maximum Gasteiger partial charge on any atom is 0.251 e. The van der Waals surface area contributed by atoms with E-state index in [9.17, 15) is 4.79 Å². The van der Waals surface area contributed by atoms with Crippen molar-refractivity contribution in [2.45, 2.75) is 6.54 Å². The molecule has 20 heavy (non-hydrogen) atoms. The normalized spacial score (nSPS) is 10.2. The number of carbonyl (C=O) groups is 1. The van der Waals surface area contributed by atoms with Crippen molar-refractivity contribution in [2.75, 3.05) is 7.11 Å². The molecule has 0 fully saturated rings. The van der Waals surface area contributed by atoms with Crippen LogP contribution in [0.3, 0.4) is 0 Å². The first-order valence-corrected chi connectivity index (χ1v) is 7.42. The molecule has 0 saturated carbocycles. The number of rotatable bonds is 4. The second-order valence-corrected chi connectivity index (χ2v) is 5.73. The molecule has 0 atom stereocenters. The Morgan fingerprint density at radius 1 is 1.25 bits per heavy atom. The fourth-order valence-corrected chi connectivity index (χ4v) is 2.18. The first-order chi connectivity index (χ1) is 9.60. The first kappa shape index (κ1) is 15.1. The molecule has 2 aromatic carbocycles. The van der Waals surface area contributed by atoms with Gasteiger partial charge in [0, 0.05) is 15.7 Å². The number of amides is 1. The van der Waals surface area contributed by atoms with E-state index in [0.717, 1.165) is 14.9 Å². The van der Waals surface area contributed by atoms with Gasteiger partial charge in [0.15, 0.2) is 0 Å². The summed E-state index contributed by atoms with van der Waals surface area (Å²) in [5, 5.41) is 3.44. The van der Waals surface area contributed by atoms with Gasteiger partial charge in [-0.3, -0.25) is 4.79 Å². The summed E-state index contributed by atoms with van der Waals surface area (Å²) in [7, 11) is 1.62. The van der Waals surface area contributed by atoms with Crippen LogP contribution in [-0.4, -0.2) is 13.0 Å². The molecule has 2 aromatic rings. The zero-order valence-electron chi connectivity index (χ0n) is 10.8. The molecule has 3 nitrogen and oxygen atoms in total. The van der Waals surface area contributed by atoms with Crippen LogP contribution in [0.4, 0.5) is 0 Å². The highest BCUT2D eigenvalue weighted by Gasteiger charge is 2.07. The minimum Gasteiger partial charge on any atom is -0.497 e. The van der Waals surface area contributed by atoms with Crippen LogP contribution in [0.25, 0.3) is 0 Å². The Bertz CT molecular complexity index is 614. The molecule has 0 aliphatic rings. The lowest BCUT2D eigenvalue weighted by atomic mass is 10.2. The number of halogens is 2. The second-order valence-electron chi connectivity index (χ2n) is 4.16. The molecular weight excluding hydrogens is 389 g/mol.